The van der Waals surface area contributed by atoms with Crippen molar-refractivity contribution < 1.29 is 9.59 Å². The number of hydrogen-bond donors (Lipinski definition) is 2. The van der Waals surface area contributed by atoms with Crippen LogP contribution in [0.1, 0.15) is 19.3 Å². The maximum atomic E-state index is 11.6. The number of likely N-dealkylation sites (N-methyl/N-ethyl adjacent to an activating group) is 1. The third kappa shape index (κ3) is 6.80. The quantitative estimate of drug-likeness (QED) is 0.381. The van der Waals surface area contributed by atoms with Crippen LogP contribution < -0.4 is 10.6 Å². The fraction of sp³-hybridized carbons (Fsp3) is 0.786. The third-order valence-electron chi connectivity index (χ3n) is 3.78. The number of aliphatic imine (C=N–C) groups is 1. The second-order valence-corrected chi connectivity index (χ2v) is 5.50. The average Bonchev–Trinajstić information content (AvgIpc) is 2.48. The molecule has 2 amide bonds. The molecule has 0 unspecified atom stereocenters. The summed E-state index contributed by atoms with van der Waals surface area (Å²) in [6.45, 7) is 1.97. The van der Waals surface area contributed by atoms with Crippen molar-refractivity contribution in [2.45, 2.75) is 19.3 Å². The van der Waals surface area contributed by atoms with Crippen LogP contribution >= 0.6 is 24.0 Å². The Hall–Kier alpha value is -1.06. The van der Waals surface area contributed by atoms with Crippen LogP contribution in [0.2, 0.25) is 0 Å². The van der Waals surface area contributed by atoms with E-state index in [9.17, 15) is 9.59 Å². The fourth-order valence-electron chi connectivity index (χ4n) is 2.36. The van der Waals surface area contributed by atoms with E-state index in [4.69, 9.17) is 0 Å². The molecule has 1 saturated heterocycles. The fourth-order valence-corrected chi connectivity index (χ4v) is 2.36. The molecular formula is C14H28IN5O2. The number of piperidine rings is 1. The number of likely N-dealkylation sites (tertiary alicyclic amines) is 1. The van der Waals surface area contributed by atoms with Gasteiger partial charge in [0.2, 0.25) is 11.8 Å². The van der Waals surface area contributed by atoms with Crippen molar-refractivity contribution in [3.8, 4) is 0 Å². The van der Waals surface area contributed by atoms with Crippen LogP contribution in [0.25, 0.3) is 0 Å². The lowest BCUT2D eigenvalue weighted by atomic mass is 9.93. The number of nitrogens with zero attached hydrogens (tertiary/aromatic N) is 3. The lowest BCUT2D eigenvalue weighted by Crippen LogP contribution is -2.48. The van der Waals surface area contributed by atoms with E-state index in [1.807, 2.05) is 0 Å². The summed E-state index contributed by atoms with van der Waals surface area (Å²) in [5, 5.41) is 5.76. The van der Waals surface area contributed by atoms with Gasteiger partial charge in [-0.15, -0.1) is 24.0 Å². The second kappa shape index (κ2) is 10.6. The summed E-state index contributed by atoms with van der Waals surface area (Å²) in [7, 11) is 6.86. The monoisotopic (exact) mass is 425 g/mol. The van der Waals surface area contributed by atoms with Gasteiger partial charge in [0.1, 0.15) is 0 Å². The van der Waals surface area contributed by atoms with Gasteiger partial charge in [0.05, 0.1) is 6.54 Å². The van der Waals surface area contributed by atoms with E-state index >= 15 is 0 Å². The van der Waals surface area contributed by atoms with E-state index in [1.54, 1.807) is 33.1 Å². The molecule has 8 heteroatoms. The van der Waals surface area contributed by atoms with Gasteiger partial charge in [-0.2, -0.15) is 0 Å². The number of guanidine groups is 1. The molecule has 0 atom stereocenters. The largest absolute Gasteiger partial charge is 0.359 e. The van der Waals surface area contributed by atoms with E-state index in [-0.39, 0.29) is 42.3 Å². The molecule has 1 aliphatic heterocycles. The third-order valence-corrected chi connectivity index (χ3v) is 3.78. The van der Waals surface area contributed by atoms with Gasteiger partial charge in [-0.3, -0.25) is 14.6 Å². The van der Waals surface area contributed by atoms with Gasteiger partial charge in [0.25, 0.3) is 0 Å². The van der Waals surface area contributed by atoms with Gasteiger partial charge in [-0.25, -0.2) is 0 Å². The van der Waals surface area contributed by atoms with Crippen LogP contribution in [0.4, 0.5) is 0 Å². The minimum absolute atomic E-state index is 0. The standard InChI is InChI=1S/C14H27N5O2.HI/c1-15-12(20)9-11-5-7-19(8-6-11)14(16-2)17-10-13(21)18(3)4;/h11H,5-10H2,1-4H3,(H,15,20)(H,16,17);1H. The Balaban J connectivity index is 0.00000441. The Bertz CT molecular complexity index is 393. The zero-order valence-corrected chi connectivity index (χ0v) is 16.2. The van der Waals surface area contributed by atoms with E-state index in [0.717, 1.165) is 31.9 Å². The average molecular weight is 425 g/mol. The molecule has 0 aromatic heterocycles. The number of nitrogens with one attached hydrogen (secondary N) is 2. The number of rotatable bonds is 4. The maximum absolute atomic E-state index is 11.6. The van der Waals surface area contributed by atoms with Gasteiger partial charge in [-0.05, 0) is 18.8 Å². The van der Waals surface area contributed by atoms with Crippen molar-refractivity contribution in [2.24, 2.45) is 10.9 Å². The summed E-state index contributed by atoms with van der Waals surface area (Å²) in [6.07, 6.45) is 2.53. The molecule has 1 fully saturated rings. The summed E-state index contributed by atoms with van der Waals surface area (Å²) in [4.78, 5) is 30.9. The lowest BCUT2D eigenvalue weighted by Gasteiger charge is -2.34. The van der Waals surface area contributed by atoms with Gasteiger partial charge >= 0.3 is 0 Å². The van der Waals surface area contributed by atoms with Crippen molar-refractivity contribution in [3.05, 3.63) is 0 Å². The second-order valence-electron chi connectivity index (χ2n) is 5.50. The molecular weight excluding hydrogens is 397 g/mol. The van der Waals surface area contributed by atoms with Crippen LogP contribution in [0, 0.1) is 5.92 Å². The predicted molar refractivity (Wildman–Crippen MR) is 98.5 cm³/mol. The number of carbonyl (C=O) groups excluding carboxylic acids is 2. The first-order chi connectivity index (χ1) is 9.97. The number of halogens is 1. The highest BCUT2D eigenvalue weighted by molar-refractivity contribution is 14.0. The van der Waals surface area contributed by atoms with Gasteiger partial charge < -0.3 is 20.4 Å². The van der Waals surface area contributed by atoms with Crippen LogP contribution in [0.15, 0.2) is 4.99 Å². The van der Waals surface area contributed by atoms with Crippen molar-refractivity contribution in [2.75, 3.05) is 47.8 Å². The van der Waals surface area contributed by atoms with Crippen molar-refractivity contribution in [1.29, 1.82) is 0 Å². The molecule has 1 rings (SSSR count). The van der Waals surface area contributed by atoms with Crippen molar-refractivity contribution in [3.63, 3.8) is 0 Å². The topological polar surface area (TPSA) is 77.0 Å². The number of amides is 2. The summed E-state index contributed by atoms with van der Waals surface area (Å²) in [5.41, 5.74) is 0. The first-order valence-electron chi connectivity index (χ1n) is 7.34. The minimum atomic E-state index is 0. The highest BCUT2D eigenvalue weighted by atomic mass is 127. The smallest absolute Gasteiger partial charge is 0.241 e. The zero-order valence-electron chi connectivity index (χ0n) is 13.9. The summed E-state index contributed by atoms with van der Waals surface area (Å²) < 4.78 is 0. The molecule has 0 aromatic carbocycles. The molecule has 0 spiro atoms. The van der Waals surface area contributed by atoms with Gasteiger partial charge in [-0.1, -0.05) is 0 Å². The first-order valence-corrected chi connectivity index (χ1v) is 7.34. The van der Waals surface area contributed by atoms with Gasteiger partial charge in [0, 0.05) is 47.7 Å². The molecule has 0 aliphatic carbocycles. The van der Waals surface area contributed by atoms with E-state index in [1.165, 1.54) is 0 Å². The summed E-state index contributed by atoms with van der Waals surface area (Å²) >= 11 is 0. The summed E-state index contributed by atoms with van der Waals surface area (Å²) in [5.74, 6) is 1.31. The van der Waals surface area contributed by atoms with Crippen molar-refractivity contribution >= 4 is 41.8 Å². The van der Waals surface area contributed by atoms with E-state index in [2.05, 4.69) is 20.5 Å². The molecule has 0 aromatic rings. The minimum Gasteiger partial charge on any atom is -0.359 e. The molecule has 0 bridgehead atoms. The molecule has 0 radical (unpaired) electrons. The number of carbonyl (C=O) groups is 2. The van der Waals surface area contributed by atoms with Gasteiger partial charge in [0.15, 0.2) is 5.96 Å². The molecule has 22 heavy (non-hydrogen) atoms. The molecule has 2 N–H and O–H groups in total. The molecule has 128 valence electrons. The van der Waals surface area contributed by atoms with E-state index < -0.39 is 0 Å². The predicted octanol–water partition coefficient (Wildman–Crippen LogP) is 0.116. The van der Waals surface area contributed by atoms with Crippen molar-refractivity contribution in [1.82, 2.24) is 20.4 Å². The normalized spacial score (nSPS) is 15.8. The first kappa shape index (κ1) is 20.9. The SMILES string of the molecule is CN=C(NCC(=O)N(C)C)N1CCC(CC(=O)NC)CC1.I. The Morgan fingerprint density at radius 3 is 2.32 bits per heavy atom. The van der Waals surface area contributed by atoms with Crippen LogP contribution in [-0.2, 0) is 9.59 Å². The molecule has 1 aliphatic rings. The lowest BCUT2D eigenvalue weighted by molar-refractivity contribution is -0.127. The zero-order chi connectivity index (χ0) is 15.8. The Labute approximate surface area is 149 Å². The van der Waals surface area contributed by atoms with Crippen LogP contribution in [0.5, 0.6) is 0 Å². The highest BCUT2D eigenvalue weighted by Crippen LogP contribution is 2.20. The van der Waals surface area contributed by atoms with Crippen LogP contribution in [-0.4, -0.2) is 75.4 Å². The Morgan fingerprint density at radius 1 is 1.27 bits per heavy atom. The maximum Gasteiger partial charge on any atom is 0.241 e. The highest BCUT2D eigenvalue weighted by Gasteiger charge is 2.23. The molecule has 1 heterocycles. The number of hydrogen-bond acceptors (Lipinski definition) is 3. The molecule has 7 nitrogen and oxygen atoms in total. The Kier molecular flexibility index (Phi) is 10.1. The van der Waals surface area contributed by atoms with Crippen LogP contribution in [0.3, 0.4) is 0 Å². The van der Waals surface area contributed by atoms with E-state index in [0.29, 0.717) is 12.3 Å². The summed E-state index contributed by atoms with van der Waals surface area (Å²) in [6, 6.07) is 0. The molecule has 0 saturated carbocycles. The Morgan fingerprint density at radius 2 is 1.86 bits per heavy atom.